The van der Waals surface area contributed by atoms with Gasteiger partial charge in [0.25, 0.3) is 17.0 Å². The largest absolute Gasteiger partial charge is 0.478 e. The minimum atomic E-state index is -1.32. The molecule has 8 heterocycles. The second-order valence-electron chi connectivity index (χ2n) is 16.3. The number of rotatable bonds is 8. The third-order valence-corrected chi connectivity index (χ3v) is 54.5. The Kier molecular flexibility index (Phi) is 32.7. The molecule has 2 aliphatic rings. The van der Waals surface area contributed by atoms with Crippen LogP contribution in [0.15, 0.2) is 93.4 Å². The van der Waals surface area contributed by atoms with Crippen molar-refractivity contribution in [3.8, 4) is 21.7 Å². The van der Waals surface area contributed by atoms with Crippen molar-refractivity contribution in [3.05, 3.63) is 161 Å². The van der Waals surface area contributed by atoms with Crippen LogP contribution in [-0.2, 0) is 226 Å². The zero-order chi connectivity index (χ0) is 61.8. The molecule has 464 valence electrons. The van der Waals surface area contributed by atoms with E-state index in [-0.39, 0.29) is 34.8 Å². The first kappa shape index (κ1) is 71.8. The summed E-state index contributed by atoms with van der Waals surface area (Å²) in [6.45, 7) is 6.51. The first-order chi connectivity index (χ1) is 42.3. The van der Waals surface area contributed by atoms with E-state index in [1.54, 1.807) is 201 Å². The molecule has 2 aromatic carbocycles. The number of aromatic nitrogens is 12. The van der Waals surface area contributed by atoms with Crippen molar-refractivity contribution in [2.24, 2.45) is 0 Å². The minimum absolute atomic E-state index is 0.00719. The van der Waals surface area contributed by atoms with Gasteiger partial charge >= 0.3 is 5.97 Å². The summed E-state index contributed by atoms with van der Waals surface area (Å²) in [5, 5.41) is 47.0. The first-order valence-electron chi connectivity index (χ1n) is 23.5. The number of thiazole rings is 2. The summed E-state index contributed by atoms with van der Waals surface area (Å²) < 4.78 is 31.9. The standard InChI is InChI=1S/C21H18FN7O2S.C12H9FN2O3.C9H11N5S.S22/c1-12-10-28(11-17-25-27-19(29(12)17)20-23-6-7-32-20)21(31)15-9-13(2-4-16(15)22)8-14-3-5-18(30)26-24-14;13-10-3-1-7(6-9(10)12(17)18)5-8-2-4-11(16)15-14-8;1-6-4-10-5-7-12-13-8(14(6)7)9-11-2-3-15-9;1-3-5-7-9-11-13-15-17-19-21-22-20-18-16-14-12-10-8-6-4-2/h2-7,9,12H,8,10-11H2,1H3,(H,26,30);1-4,6H,5H2,(H,15,16)(H,17,18);2-3,6,10H,4-5H2,1H3;. The number of carboxylic acid groups (broad SMARTS) is 1. The van der Waals surface area contributed by atoms with Crippen LogP contribution < -0.4 is 16.4 Å². The molecule has 0 radical (unpaired) electrons. The number of carboxylic acids is 1. The fourth-order valence-corrected chi connectivity index (χ4v) is 58.1. The van der Waals surface area contributed by atoms with Crippen molar-refractivity contribution in [1.82, 2.24) is 70.1 Å². The average molecular weight is 1630 g/mol. The van der Waals surface area contributed by atoms with Crippen LogP contribution in [0.5, 0.6) is 0 Å². The van der Waals surface area contributed by atoms with Crippen LogP contribution in [0, 0.1) is 11.6 Å². The maximum absolute atomic E-state index is 14.6. The third-order valence-electron chi connectivity index (χ3n) is 10.8. The van der Waals surface area contributed by atoms with Crippen molar-refractivity contribution in [3.63, 3.8) is 0 Å². The number of H-pyrrole nitrogens is 2. The van der Waals surface area contributed by atoms with Crippen LogP contribution in [0.2, 0.25) is 0 Å². The van der Waals surface area contributed by atoms with Gasteiger partial charge < -0.3 is 24.5 Å². The number of aromatic amines is 2. The number of hydrogen-bond acceptors (Lipinski definition) is 17. The normalized spacial score (nSPS) is 13.2. The molecule has 8 aromatic rings. The topological polar surface area (TPSA) is 248 Å². The van der Waals surface area contributed by atoms with Gasteiger partial charge in [-0.1, -0.05) is 12.1 Å². The molecule has 45 heteroatoms. The molecule has 2 unspecified atom stereocenters. The van der Waals surface area contributed by atoms with E-state index in [9.17, 15) is 28.0 Å². The lowest BCUT2D eigenvalue weighted by Crippen LogP contribution is -2.40. The van der Waals surface area contributed by atoms with Crippen LogP contribution in [0.4, 0.5) is 8.78 Å². The minimum Gasteiger partial charge on any atom is -0.478 e. The number of fused-ring (bicyclic) bond motifs is 2. The molecule has 6 aromatic heterocycles. The van der Waals surface area contributed by atoms with Gasteiger partial charge in [0.15, 0.2) is 27.5 Å². The quantitative estimate of drug-likeness (QED) is 0.162. The number of carbonyl (C=O) groups is 2. The summed E-state index contributed by atoms with van der Waals surface area (Å²) in [6.07, 6.45) is 4.19. The van der Waals surface area contributed by atoms with Gasteiger partial charge in [-0.05, 0) is 61.4 Å². The Balaban J connectivity index is 0.000000173. The van der Waals surface area contributed by atoms with Crippen molar-refractivity contribution in [2.75, 3.05) is 13.1 Å². The molecule has 0 saturated heterocycles. The molecule has 2 aliphatic heterocycles. The summed E-state index contributed by atoms with van der Waals surface area (Å²) in [6, 6.07) is 14.4. The van der Waals surface area contributed by atoms with Crippen LogP contribution in [-0.4, -0.2) is 94.9 Å². The highest BCUT2D eigenvalue weighted by Crippen LogP contribution is 2.30. The van der Waals surface area contributed by atoms with Gasteiger partial charge in [0.05, 0.1) is 41.6 Å². The number of nitrogens with zero attached hydrogens (tertiary/aromatic N) is 11. The van der Waals surface area contributed by atoms with Gasteiger partial charge in [0.2, 0.25) is 0 Å². The fourth-order valence-electron chi connectivity index (χ4n) is 7.46. The predicted molar refractivity (Wildman–Crippen MR) is 395 cm³/mol. The number of halogens is 2. The maximum Gasteiger partial charge on any atom is 0.338 e. The second-order valence-corrected chi connectivity index (χ2v) is 53.5. The van der Waals surface area contributed by atoms with Gasteiger partial charge in [0, 0.05) is 267 Å². The van der Waals surface area contributed by atoms with Crippen LogP contribution in [0.25, 0.3) is 21.7 Å². The lowest BCUT2D eigenvalue weighted by Gasteiger charge is -2.32. The van der Waals surface area contributed by atoms with Gasteiger partial charge in [-0.15, -0.1) is 43.1 Å². The van der Waals surface area contributed by atoms with E-state index in [0.29, 0.717) is 59.6 Å². The van der Waals surface area contributed by atoms with Crippen LogP contribution in [0.3, 0.4) is 0 Å². The lowest BCUT2D eigenvalue weighted by atomic mass is 10.0. The Hall–Kier alpha value is -2.66. The highest BCUT2D eigenvalue weighted by molar-refractivity contribution is 8.78. The zero-order valence-corrected chi connectivity index (χ0v) is 63.1. The number of nitrogens with one attached hydrogen (secondary N) is 3. The molecule has 2 atom stereocenters. The monoisotopic (exact) mass is 1620 g/mol. The fraction of sp³-hybridized carbons (Fsp3) is 0.238. The molecule has 4 N–H and O–H groups in total. The van der Waals surface area contributed by atoms with Crippen LogP contribution in [0.1, 0.15) is 80.8 Å². The van der Waals surface area contributed by atoms with E-state index in [1.807, 2.05) is 22.3 Å². The van der Waals surface area contributed by atoms with Crippen molar-refractivity contribution >= 4 is 235 Å². The molecule has 10 rings (SSSR count). The summed E-state index contributed by atoms with van der Waals surface area (Å²) in [7, 11) is 34.5. The first-order valence-corrected chi connectivity index (χ1v) is 53.2. The second kappa shape index (κ2) is 39.7. The molecule has 0 spiro atoms. The number of benzene rings is 2. The summed E-state index contributed by atoms with van der Waals surface area (Å²) in [5.41, 5.74) is 1.51. The van der Waals surface area contributed by atoms with E-state index in [4.69, 9.17) is 27.5 Å². The molecule has 0 aliphatic carbocycles. The number of amides is 1. The van der Waals surface area contributed by atoms with Crippen molar-refractivity contribution in [2.45, 2.75) is 51.9 Å². The highest BCUT2D eigenvalue weighted by Gasteiger charge is 2.32. The van der Waals surface area contributed by atoms with Crippen molar-refractivity contribution < 1.29 is 23.5 Å². The smallest absolute Gasteiger partial charge is 0.338 e. The Bertz CT molecular complexity index is 4750. The summed E-state index contributed by atoms with van der Waals surface area (Å²) in [5.74, 6) is 0.122. The van der Waals surface area contributed by atoms with E-state index < -0.39 is 23.5 Å². The molecule has 19 nitrogen and oxygen atoms in total. The van der Waals surface area contributed by atoms with Crippen LogP contribution >= 0.6 is 22.7 Å². The van der Waals surface area contributed by atoms with E-state index in [0.717, 1.165) is 40.8 Å². The van der Waals surface area contributed by atoms with Gasteiger partial charge in [-0.3, -0.25) is 14.4 Å². The maximum atomic E-state index is 14.6. The molecule has 87 heavy (non-hydrogen) atoms. The summed E-state index contributed by atoms with van der Waals surface area (Å²) >= 11 is 12.6. The molecular weight excluding hydrogens is 1590 g/mol. The Labute approximate surface area is 568 Å². The third kappa shape index (κ3) is 23.8. The van der Waals surface area contributed by atoms with Gasteiger partial charge in [-0.2, -0.15) is 10.2 Å². The molecule has 0 saturated carbocycles. The number of hydrogen-bond donors (Lipinski definition) is 4. The van der Waals surface area contributed by atoms with E-state index in [1.165, 1.54) is 71.6 Å². The zero-order valence-electron chi connectivity index (χ0n) is 43.5. The summed E-state index contributed by atoms with van der Waals surface area (Å²) in [4.78, 5) is 56.2. The Morgan fingerprint density at radius 3 is 1.46 bits per heavy atom. The SMILES string of the molecule is CC1CN(C(=O)c2cc(Cc3ccc(=O)[nH]n3)ccc2F)Cc2nnc(-c3nccs3)n21.CC1CNCc2nnc(-c3nccs3)n21.O=C(O)c1cc(Cc2ccc(=O)[nH]n2)ccc1F.S=S=S=S=S=S=S=S=S=S=S=S=S=S=S=S=S=S=S=S=S=S. The predicted octanol–water partition coefficient (Wildman–Crippen LogP) is 4.64. The van der Waals surface area contributed by atoms with Crippen molar-refractivity contribution in [1.29, 1.82) is 0 Å². The molecule has 0 bridgehead atoms. The van der Waals surface area contributed by atoms with Gasteiger partial charge in [0.1, 0.15) is 17.5 Å². The average Bonchev–Trinajstić information content (AvgIpc) is 2.03. The molecular formula is C42H38F2N14O5S24. The molecule has 1 amide bonds. The lowest BCUT2D eigenvalue weighted by molar-refractivity contribution is 0.0673. The van der Waals surface area contributed by atoms with E-state index >= 15 is 0 Å². The Morgan fingerprint density at radius 2 is 1.03 bits per heavy atom. The Morgan fingerprint density at radius 1 is 0.598 bits per heavy atom. The number of carbonyl (C=O) groups excluding carboxylic acids is 1. The van der Waals surface area contributed by atoms with Gasteiger partial charge in [-0.25, -0.2) is 33.7 Å². The highest BCUT2D eigenvalue weighted by atomic mass is 33.5. The van der Waals surface area contributed by atoms with E-state index in [2.05, 4.69) is 67.6 Å². The molecule has 0 fully saturated rings. The number of aromatic carboxylic acids is 1.